The zero-order chi connectivity index (χ0) is 13.4. The van der Waals surface area contributed by atoms with Crippen LogP contribution in [0.25, 0.3) is 0 Å². The molecule has 0 radical (unpaired) electrons. The fourth-order valence-corrected chi connectivity index (χ4v) is 3.65. The van der Waals surface area contributed by atoms with Crippen molar-refractivity contribution in [3.05, 3.63) is 17.5 Å². The number of rotatable bonds is 3. The molecule has 0 bridgehead atoms. The van der Waals surface area contributed by atoms with Crippen LogP contribution >= 0.6 is 0 Å². The molecule has 1 aromatic heterocycles. The first-order valence-corrected chi connectivity index (χ1v) is 7.68. The summed E-state index contributed by atoms with van der Waals surface area (Å²) >= 11 is 0. The fourth-order valence-electron chi connectivity index (χ4n) is 3.65. The molecule has 4 heteroatoms. The normalized spacial score (nSPS) is 28.8. The highest BCUT2D eigenvalue weighted by Crippen LogP contribution is 2.26. The first-order chi connectivity index (χ1) is 9.19. The van der Waals surface area contributed by atoms with Gasteiger partial charge in [0.1, 0.15) is 0 Å². The Morgan fingerprint density at radius 1 is 1.37 bits per heavy atom. The van der Waals surface area contributed by atoms with Gasteiger partial charge >= 0.3 is 0 Å². The summed E-state index contributed by atoms with van der Waals surface area (Å²) < 4.78 is 2.10. The minimum absolute atomic E-state index is 0.665. The number of aromatic nitrogens is 2. The van der Waals surface area contributed by atoms with E-state index in [2.05, 4.69) is 46.5 Å². The highest BCUT2D eigenvalue weighted by molar-refractivity contribution is 5.16. The number of hydrogen-bond acceptors (Lipinski definition) is 3. The second-order valence-corrected chi connectivity index (χ2v) is 6.14. The van der Waals surface area contributed by atoms with Crippen LogP contribution in [0.5, 0.6) is 0 Å². The molecule has 3 heterocycles. The van der Waals surface area contributed by atoms with Gasteiger partial charge in [0.2, 0.25) is 0 Å². The Bertz CT molecular complexity index is 439. The standard InChI is InChI=1S/C15H26N4/c1-4-19-13(3)14(8-16-19)10-18-11-15-6-5-7-17(15)9-12(18)2/h8,12,15H,4-7,9-11H2,1-3H3/t12-,15?/m1/s1. The monoisotopic (exact) mass is 262 g/mol. The van der Waals surface area contributed by atoms with E-state index in [0.29, 0.717) is 6.04 Å². The molecular weight excluding hydrogens is 236 g/mol. The van der Waals surface area contributed by atoms with Crippen LogP contribution in [-0.4, -0.2) is 51.3 Å². The highest BCUT2D eigenvalue weighted by Gasteiger charge is 2.34. The van der Waals surface area contributed by atoms with Gasteiger partial charge in [-0.25, -0.2) is 0 Å². The summed E-state index contributed by atoms with van der Waals surface area (Å²) in [6.45, 7) is 12.6. The average Bonchev–Trinajstić information content (AvgIpc) is 2.97. The molecule has 0 spiro atoms. The van der Waals surface area contributed by atoms with Crippen molar-refractivity contribution in [3.8, 4) is 0 Å². The molecule has 2 aliphatic rings. The first kappa shape index (κ1) is 13.1. The van der Waals surface area contributed by atoms with Crippen molar-refractivity contribution in [3.63, 3.8) is 0 Å². The van der Waals surface area contributed by atoms with E-state index in [1.54, 1.807) is 0 Å². The minimum Gasteiger partial charge on any atom is -0.298 e. The topological polar surface area (TPSA) is 24.3 Å². The second-order valence-electron chi connectivity index (χ2n) is 6.14. The van der Waals surface area contributed by atoms with Crippen molar-refractivity contribution in [2.45, 2.75) is 58.8 Å². The smallest absolute Gasteiger partial charge is 0.0537 e. The summed E-state index contributed by atoms with van der Waals surface area (Å²) in [7, 11) is 0. The molecule has 2 atom stereocenters. The van der Waals surface area contributed by atoms with Gasteiger partial charge < -0.3 is 0 Å². The Morgan fingerprint density at radius 3 is 2.95 bits per heavy atom. The van der Waals surface area contributed by atoms with Gasteiger partial charge in [-0.2, -0.15) is 5.10 Å². The molecule has 2 aliphatic heterocycles. The largest absolute Gasteiger partial charge is 0.298 e. The van der Waals surface area contributed by atoms with Crippen molar-refractivity contribution >= 4 is 0 Å². The third kappa shape index (κ3) is 2.43. The molecule has 2 fully saturated rings. The molecule has 0 aromatic carbocycles. The zero-order valence-corrected chi connectivity index (χ0v) is 12.5. The number of nitrogens with zero attached hydrogens (tertiary/aromatic N) is 4. The van der Waals surface area contributed by atoms with E-state index < -0.39 is 0 Å². The molecule has 2 saturated heterocycles. The molecule has 3 rings (SSSR count). The molecule has 0 aliphatic carbocycles. The van der Waals surface area contributed by atoms with Gasteiger partial charge in [-0.05, 0) is 40.2 Å². The van der Waals surface area contributed by atoms with E-state index in [1.165, 1.54) is 43.7 Å². The molecule has 0 N–H and O–H groups in total. The number of fused-ring (bicyclic) bond motifs is 1. The third-order valence-electron chi connectivity index (χ3n) is 4.94. The van der Waals surface area contributed by atoms with Crippen molar-refractivity contribution in [1.82, 2.24) is 19.6 Å². The van der Waals surface area contributed by atoms with Crippen molar-refractivity contribution in [2.24, 2.45) is 0 Å². The molecule has 4 nitrogen and oxygen atoms in total. The van der Waals surface area contributed by atoms with Gasteiger partial charge in [-0.1, -0.05) is 0 Å². The van der Waals surface area contributed by atoms with E-state index in [-0.39, 0.29) is 0 Å². The van der Waals surface area contributed by atoms with Crippen molar-refractivity contribution in [1.29, 1.82) is 0 Å². The van der Waals surface area contributed by atoms with Gasteiger partial charge in [-0.15, -0.1) is 0 Å². The molecule has 1 aromatic rings. The lowest BCUT2D eigenvalue weighted by molar-refractivity contribution is 0.0539. The lowest BCUT2D eigenvalue weighted by Crippen LogP contribution is -2.54. The van der Waals surface area contributed by atoms with Gasteiger partial charge in [0.15, 0.2) is 0 Å². The summed E-state index contributed by atoms with van der Waals surface area (Å²) in [6.07, 6.45) is 4.83. The van der Waals surface area contributed by atoms with Crippen molar-refractivity contribution < 1.29 is 0 Å². The van der Waals surface area contributed by atoms with Crippen LogP contribution in [0.15, 0.2) is 6.20 Å². The molecule has 106 valence electrons. The minimum atomic E-state index is 0.665. The first-order valence-electron chi connectivity index (χ1n) is 7.68. The van der Waals surface area contributed by atoms with Gasteiger partial charge in [0.05, 0.1) is 6.20 Å². The third-order valence-corrected chi connectivity index (χ3v) is 4.94. The number of aryl methyl sites for hydroxylation is 1. The van der Waals surface area contributed by atoms with Crippen LogP contribution in [0.4, 0.5) is 0 Å². The summed E-state index contributed by atoms with van der Waals surface area (Å²) in [5, 5.41) is 4.47. The summed E-state index contributed by atoms with van der Waals surface area (Å²) in [5.74, 6) is 0. The lowest BCUT2D eigenvalue weighted by Gasteiger charge is -2.42. The quantitative estimate of drug-likeness (QED) is 0.831. The SMILES string of the molecule is CCn1ncc(CN2CC3CCCN3C[C@H]2C)c1C. The van der Waals surface area contributed by atoms with Crippen LogP contribution in [0.3, 0.4) is 0 Å². The Balaban J connectivity index is 1.70. The van der Waals surface area contributed by atoms with E-state index in [9.17, 15) is 0 Å². The predicted octanol–water partition coefficient (Wildman–Crippen LogP) is 1.88. The summed E-state index contributed by atoms with van der Waals surface area (Å²) in [6, 6.07) is 1.47. The maximum atomic E-state index is 4.47. The Hall–Kier alpha value is -0.870. The van der Waals surface area contributed by atoms with Crippen LogP contribution in [-0.2, 0) is 13.1 Å². The van der Waals surface area contributed by atoms with Crippen LogP contribution in [0.2, 0.25) is 0 Å². The number of piperazine rings is 1. The van der Waals surface area contributed by atoms with E-state index in [1.807, 2.05) is 0 Å². The van der Waals surface area contributed by atoms with E-state index in [0.717, 1.165) is 19.1 Å². The maximum Gasteiger partial charge on any atom is 0.0537 e. The van der Waals surface area contributed by atoms with Gasteiger partial charge in [0, 0.05) is 49.5 Å². The van der Waals surface area contributed by atoms with Crippen LogP contribution in [0.1, 0.15) is 37.9 Å². The Kier molecular flexibility index (Phi) is 3.63. The summed E-state index contributed by atoms with van der Waals surface area (Å²) in [4.78, 5) is 5.33. The predicted molar refractivity (Wildman–Crippen MR) is 77.1 cm³/mol. The fraction of sp³-hybridized carbons (Fsp3) is 0.800. The second kappa shape index (κ2) is 5.25. The highest BCUT2D eigenvalue weighted by atomic mass is 15.3. The Labute approximate surface area is 116 Å². The summed E-state index contributed by atoms with van der Waals surface area (Å²) in [5.41, 5.74) is 2.74. The van der Waals surface area contributed by atoms with E-state index >= 15 is 0 Å². The lowest BCUT2D eigenvalue weighted by atomic mass is 10.1. The number of hydrogen-bond donors (Lipinski definition) is 0. The molecular formula is C15H26N4. The van der Waals surface area contributed by atoms with Crippen molar-refractivity contribution in [2.75, 3.05) is 19.6 Å². The Morgan fingerprint density at radius 2 is 2.21 bits per heavy atom. The molecule has 1 unspecified atom stereocenters. The van der Waals surface area contributed by atoms with Gasteiger partial charge in [-0.3, -0.25) is 14.5 Å². The van der Waals surface area contributed by atoms with Gasteiger partial charge in [0.25, 0.3) is 0 Å². The molecule has 19 heavy (non-hydrogen) atoms. The molecule has 0 saturated carbocycles. The van der Waals surface area contributed by atoms with Crippen LogP contribution < -0.4 is 0 Å². The molecule has 0 amide bonds. The average molecular weight is 262 g/mol. The maximum absolute atomic E-state index is 4.47. The zero-order valence-electron chi connectivity index (χ0n) is 12.5. The van der Waals surface area contributed by atoms with E-state index in [4.69, 9.17) is 0 Å². The van der Waals surface area contributed by atoms with Crippen LogP contribution in [0, 0.1) is 6.92 Å².